The van der Waals surface area contributed by atoms with E-state index in [1.54, 1.807) is 12.2 Å². The van der Waals surface area contributed by atoms with E-state index >= 15 is 0 Å². The molecule has 0 saturated carbocycles. The number of hydrogen-bond acceptors (Lipinski definition) is 4. The Morgan fingerprint density at radius 3 is 1.34 bits per heavy atom. The monoisotopic (exact) mass is 700 g/mol. The van der Waals surface area contributed by atoms with Crippen molar-refractivity contribution < 1.29 is 20.1 Å². The van der Waals surface area contributed by atoms with E-state index in [-0.39, 0.29) is 6.42 Å². The van der Waals surface area contributed by atoms with Crippen molar-refractivity contribution in [2.45, 2.75) is 212 Å². The largest absolute Gasteiger partial charge is 0.394 e. The molecule has 5 nitrogen and oxygen atoms in total. The van der Waals surface area contributed by atoms with E-state index in [2.05, 4.69) is 55.6 Å². The van der Waals surface area contributed by atoms with Gasteiger partial charge < -0.3 is 20.6 Å². The highest BCUT2D eigenvalue weighted by Gasteiger charge is 2.22. The zero-order valence-electron chi connectivity index (χ0n) is 32.8. The number of unbranched alkanes of at least 4 members (excludes halogenated alkanes) is 22. The van der Waals surface area contributed by atoms with Crippen molar-refractivity contribution in [3.8, 4) is 0 Å². The highest BCUT2D eigenvalue weighted by atomic mass is 16.3. The minimum Gasteiger partial charge on any atom is -0.394 e. The fourth-order valence-corrected chi connectivity index (χ4v) is 5.96. The first-order valence-corrected chi connectivity index (χ1v) is 21.1. The second-order valence-electron chi connectivity index (χ2n) is 14.2. The molecule has 0 saturated heterocycles. The average Bonchev–Trinajstić information content (AvgIpc) is 3.12. The van der Waals surface area contributed by atoms with Crippen molar-refractivity contribution in [1.29, 1.82) is 0 Å². The summed E-state index contributed by atoms with van der Waals surface area (Å²) >= 11 is 0. The van der Waals surface area contributed by atoms with Crippen molar-refractivity contribution >= 4 is 5.91 Å². The minimum atomic E-state index is -1.22. The molecule has 3 unspecified atom stereocenters. The predicted octanol–water partition coefficient (Wildman–Crippen LogP) is 11.9. The smallest absolute Gasteiger partial charge is 0.249 e. The molecular formula is C45H81NO4. The zero-order chi connectivity index (χ0) is 36.6. The zero-order valence-corrected chi connectivity index (χ0v) is 32.8. The van der Waals surface area contributed by atoms with Crippen LogP contribution in [0.4, 0.5) is 0 Å². The van der Waals surface area contributed by atoms with Gasteiger partial charge in [0.1, 0.15) is 6.10 Å². The summed E-state index contributed by atoms with van der Waals surface area (Å²) in [5.74, 6) is -0.587. The SMILES string of the molecule is CCCCCCCC/C=C\C/C=C\CC(O)C(=O)NC(CO)C(O)/C=C/CC/C=C/CC/C=C/CCCCCCCCCCCCCCCC. The van der Waals surface area contributed by atoms with Crippen molar-refractivity contribution in [2.75, 3.05) is 6.61 Å². The Morgan fingerprint density at radius 2 is 0.880 bits per heavy atom. The van der Waals surface area contributed by atoms with Crippen LogP contribution in [0.1, 0.15) is 194 Å². The molecule has 0 spiro atoms. The number of amides is 1. The number of hydrogen-bond donors (Lipinski definition) is 4. The van der Waals surface area contributed by atoms with Crippen LogP contribution in [0.3, 0.4) is 0 Å². The summed E-state index contributed by atoms with van der Waals surface area (Å²) in [4.78, 5) is 12.4. The van der Waals surface area contributed by atoms with Crippen LogP contribution in [-0.4, -0.2) is 46.1 Å². The summed E-state index contributed by atoms with van der Waals surface area (Å²) in [6, 6.07) is -0.853. The van der Waals surface area contributed by atoms with Gasteiger partial charge in [-0.2, -0.15) is 0 Å². The number of aliphatic hydroxyl groups excluding tert-OH is 3. The third-order valence-corrected chi connectivity index (χ3v) is 9.32. The first-order valence-electron chi connectivity index (χ1n) is 21.1. The number of allylic oxidation sites excluding steroid dienone is 8. The molecular weight excluding hydrogens is 618 g/mol. The molecule has 5 heteroatoms. The Morgan fingerprint density at radius 1 is 0.500 bits per heavy atom. The fourth-order valence-electron chi connectivity index (χ4n) is 5.96. The molecule has 1 amide bonds. The standard InChI is InChI=1S/C45H81NO4/c1-3-5-7-9-11-13-15-17-18-19-20-21-22-23-24-25-26-27-28-30-31-33-35-37-39-43(48)42(41-47)46-45(50)44(49)40-38-36-34-32-29-16-14-12-10-8-6-4-2/h25-26,29-32,36-39,42-44,47-49H,3-24,27-28,33-35,40-41H2,1-2H3,(H,46,50)/b26-25+,31-30+,32-29-,38-36-,39-37+. The molecule has 0 heterocycles. The van der Waals surface area contributed by atoms with Crippen LogP contribution in [0, 0.1) is 0 Å². The maximum Gasteiger partial charge on any atom is 0.249 e. The Labute approximate surface area is 309 Å². The molecule has 0 aromatic heterocycles. The molecule has 0 aromatic rings. The van der Waals surface area contributed by atoms with Crippen molar-refractivity contribution in [3.05, 3.63) is 60.8 Å². The molecule has 4 N–H and O–H groups in total. The van der Waals surface area contributed by atoms with Gasteiger partial charge in [0.05, 0.1) is 18.8 Å². The van der Waals surface area contributed by atoms with Gasteiger partial charge in [0.2, 0.25) is 5.91 Å². The lowest BCUT2D eigenvalue weighted by atomic mass is 10.0. The van der Waals surface area contributed by atoms with Gasteiger partial charge in [-0.05, 0) is 57.8 Å². The third-order valence-electron chi connectivity index (χ3n) is 9.32. The molecule has 0 bridgehead atoms. The molecule has 0 aliphatic heterocycles. The number of carbonyl (C=O) groups excluding carboxylic acids is 1. The second kappa shape index (κ2) is 39.8. The van der Waals surface area contributed by atoms with Crippen molar-refractivity contribution in [1.82, 2.24) is 5.32 Å². The second-order valence-corrected chi connectivity index (χ2v) is 14.2. The average molecular weight is 700 g/mol. The molecule has 0 aromatic carbocycles. The van der Waals surface area contributed by atoms with Crippen LogP contribution in [-0.2, 0) is 4.79 Å². The molecule has 50 heavy (non-hydrogen) atoms. The van der Waals surface area contributed by atoms with E-state index in [0.717, 1.165) is 38.5 Å². The van der Waals surface area contributed by atoms with Crippen LogP contribution in [0.2, 0.25) is 0 Å². The summed E-state index contributed by atoms with van der Waals surface area (Å²) in [6.07, 6.45) is 52.8. The topological polar surface area (TPSA) is 89.8 Å². The van der Waals surface area contributed by atoms with Crippen LogP contribution in [0.5, 0.6) is 0 Å². The van der Waals surface area contributed by atoms with Crippen LogP contribution < -0.4 is 5.32 Å². The minimum absolute atomic E-state index is 0.197. The Balaban J connectivity index is 3.81. The molecule has 0 radical (unpaired) electrons. The van der Waals surface area contributed by atoms with E-state index in [4.69, 9.17) is 0 Å². The summed E-state index contributed by atoms with van der Waals surface area (Å²) in [5, 5.41) is 32.9. The summed E-state index contributed by atoms with van der Waals surface area (Å²) < 4.78 is 0. The normalized spacial score (nSPS) is 14.3. The van der Waals surface area contributed by atoms with Gasteiger partial charge in [0.15, 0.2) is 0 Å². The maximum atomic E-state index is 12.4. The predicted molar refractivity (Wildman–Crippen MR) is 217 cm³/mol. The first-order chi connectivity index (χ1) is 24.6. The molecule has 0 aliphatic carbocycles. The maximum absolute atomic E-state index is 12.4. The lowest BCUT2D eigenvalue weighted by Gasteiger charge is -2.21. The van der Waals surface area contributed by atoms with Crippen molar-refractivity contribution in [3.63, 3.8) is 0 Å². The molecule has 0 aliphatic rings. The van der Waals surface area contributed by atoms with Crippen LogP contribution in [0.25, 0.3) is 0 Å². The molecule has 0 rings (SSSR count). The van der Waals surface area contributed by atoms with Gasteiger partial charge in [-0.15, -0.1) is 0 Å². The molecule has 0 fully saturated rings. The van der Waals surface area contributed by atoms with Gasteiger partial charge in [0, 0.05) is 6.42 Å². The lowest BCUT2D eigenvalue weighted by molar-refractivity contribution is -0.131. The summed E-state index contributed by atoms with van der Waals surface area (Å²) in [7, 11) is 0. The van der Waals surface area contributed by atoms with Gasteiger partial charge in [-0.3, -0.25) is 4.79 Å². The molecule has 3 atom stereocenters. The Hall–Kier alpha value is -1.95. The highest BCUT2D eigenvalue weighted by Crippen LogP contribution is 2.14. The van der Waals surface area contributed by atoms with E-state index in [0.29, 0.717) is 0 Å². The van der Waals surface area contributed by atoms with Crippen molar-refractivity contribution in [2.24, 2.45) is 0 Å². The van der Waals surface area contributed by atoms with Gasteiger partial charge >= 0.3 is 0 Å². The van der Waals surface area contributed by atoms with E-state index in [1.165, 1.54) is 135 Å². The Kier molecular flexibility index (Phi) is 38.3. The highest BCUT2D eigenvalue weighted by molar-refractivity contribution is 5.81. The van der Waals surface area contributed by atoms with Gasteiger partial charge in [-0.25, -0.2) is 0 Å². The first kappa shape index (κ1) is 48.0. The molecule has 290 valence electrons. The van der Waals surface area contributed by atoms with Gasteiger partial charge in [-0.1, -0.05) is 190 Å². The van der Waals surface area contributed by atoms with E-state index in [9.17, 15) is 20.1 Å². The van der Waals surface area contributed by atoms with Crippen LogP contribution >= 0.6 is 0 Å². The Bertz CT molecular complexity index is 861. The van der Waals surface area contributed by atoms with E-state index in [1.807, 2.05) is 12.2 Å². The van der Waals surface area contributed by atoms with Gasteiger partial charge in [0.25, 0.3) is 0 Å². The third kappa shape index (κ3) is 34.5. The summed E-state index contributed by atoms with van der Waals surface area (Å²) in [5.41, 5.74) is 0. The van der Waals surface area contributed by atoms with E-state index < -0.39 is 30.8 Å². The number of aliphatic hydroxyl groups is 3. The lowest BCUT2D eigenvalue weighted by Crippen LogP contribution is -2.48. The number of rotatable bonds is 37. The fraction of sp³-hybridized carbons (Fsp3) is 0.756. The summed E-state index contributed by atoms with van der Waals surface area (Å²) in [6.45, 7) is 4.11. The number of nitrogens with one attached hydrogen (secondary N) is 1. The quantitative estimate of drug-likeness (QED) is 0.0384. The van der Waals surface area contributed by atoms with Crippen LogP contribution in [0.15, 0.2) is 60.8 Å². The number of carbonyl (C=O) groups is 1.